The summed E-state index contributed by atoms with van der Waals surface area (Å²) in [6, 6.07) is 0. The average Bonchev–Trinajstić information content (AvgIpc) is 2.19. The second-order valence-corrected chi connectivity index (χ2v) is 5.51. The molecule has 0 amide bonds. The number of rotatable bonds is 4. The first-order valence-corrected chi connectivity index (χ1v) is 6.41. The SMILES string of the molecule is CCCN(C)S(=O)(=O)N1CCNCC1. The zero-order valence-electron chi connectivity index (χ0n) is 8.86. The predicted molar refractivity (Wildman–Crippen MR) is 56.3 cm³/mol. The second-order valence-electron chi connectivity index (χ2n) is 3.48. The van der Waals surface area contributed by atoms with E-state index in [9.17, 15) is 8.42 Å². The van der Waals surface area contributed by atoms with E-state index in [0.29, 0.717) is 19.6 Å². The molecule has 0 saturated carbocycles. The molecule has 0 unspecified atom stereocenters. The Hall–Kier alpha value is -0.170. The van der Waals surface area contributed by atoms with Gasteiger partial charge in [0.25, 0.3) is 10.2 Å². The minimum Gasteiger partial charge on any atom is -0.314 e. The minimum atomic E-state index is -3.20. The van der Waals surface area contributed by atoms with Gasteiger partial charge in [0.05, 0.1) is 0 Å². The molecule has 0 bridgehead atoms. The fraction of sp³-hybridized carbons (Fsp3) is 1.00. The van der Waals surface area contributed by atoms with Crippen molar-refractivity contribution in [1.29, 1.82) is 0 Å². The summed E-state index contributed by atoms with van der Waals surface area (Å²) < 4.78 is 26.8. The van der Waals surface area contributed by atoms with Crippen LogP contribution in [-0.4, -0.2) is 56.8 Å². The summed E-state index contributed by atoms with van der Waals surface area (Å²) in [5.74, 6) is 0. The Morgan fingerprint density at radius 2 is 1.93 bits per heavy atom. The lowest BCUT2D eigenvalue weighted by Gasteiger charge is -2.30. The number of nitrogens with zero attached hydrogens (tertiary/aromatic N) is 2. The maximum absolute atomic E-state index is 11.9. The molecule has 1 N–H and O–H groups in total. The van der Waals surface area contributed by atoms with Crippen molar-refractivity contribution in [2.24, 2.45) is 0 Å². The van der Waals surface area contributed by atoms with Crippen molar-refractivity contribution in [2.75, 3.05) is 39.8 Å². The molecule has 1 rings (SSSR count). The fourth-order valence-corrected chi connectivity index (χ4v) is 2.95. The molecule has 84 valence electrons. The molecule has 1 saturated heterocycles. The number of nitrogens with one attached hydrogen (secondary N) is 1. The van der Waals surface area contributed by atoms with Gasteiger partial charge in [0, 0.05) is 39.8 Å². The Balaban J connectivity index is 2.62. The standard InChI is InChI=1S/C8H19N3O2S/c1-3-6-10(2)14(12,13)11-7-4-9-5-8-11/h9H,3-8H2,1-2H3. The van der Waals surface area contributed by atoms with E-state index in [-0.39, 0.29) is 0 Å². The van der Waals surface area contributed by atoms with Crippen LogP contribution in [-0.2, 0) is 10.2 Å². The van der Waals surface area contributed by atoms with Gasteiger partial charge >= 0.3 is 0 Å². The lowest BCUT2D eigenvalue weighted by molar-refractivity contribution is 0.326. The fourth-order valence-electron chi connectivity index (χ4n) is 1.50. The number of piperazine rings is 1. The Bertz CT molecular complexity index is 260. The molecule has 1 aliphatic rings. The lowest BCUT2D eigenvalue weighted by atomic mass is 10.4. The number of hydrogen-bond donors (Lipinski definition) is 1. The summed E-state index contributed by atoms with van der Waals surface area (Å²) in [5, 5.41) is 3.13. The van der Waals surface area contributed by atoms with E-state index in [1.54, 1.807) is 11.4 Å². The van der Waals surface area contributed by atoms with Crippen LogP contribution in [0.3, 0.4) is 0 Å². The maximum atomic E-state index is 11.9. The molecule has 6 heteroatoms. The average molecular weight is 221 g/mol. The monoisotopic (exact) mass is 221 g/mol. The van der Waals surface area contributed by atoms with Gasteiger partial charge in [-0.15, -0.1) is 0 Å². The van der Waals surface area contributed by atoms with Gasteiger partial charge < -0.3 is 5.32 Å². The van der Waals surface area contributed by atoms with E-state index in [4.69, 9.17) is 0 Å². The highest BCUT2D eigenvalue weighted by Gasteiger charge is 2.27. The van der Waals surface area contributed by atoms with Gasteiger partial charge in [0.15, 0.2) is 0 Å². The minimum absolute atomic E-state index is 0.580. The molecule has 0 aromatic rings. The van der Waals surface area contributed by atoms with Gasteiger partial charge in [-0.1, -0.05) is 6.92 Å². The molecular formula is C8H19N3O2S. The van der Waals surface area contributed by atoms with Crippen molar-refractivity contribution in [3.05, 3.63) is 0 Å². The Morgan fingerprint density at radius 3 is 2.43 bits per heavy atom. The summed E-state index contributed by atoms with van der Waals surface area (Å²) in [5.41, 5.74) is 0. The zero-order valence-corrected chi connectivity index (χ0v) is 9.68. The molecule has 0 aliphatic carbocycles. The highest BCUT2D eigenvalue weighted by atomic mass is 32.2. The summed E-state index contributed by atoms with van der Waals surface area (Å²) >= 11 is 0. The van der Waals surface area contributed by atoms with Gasteiger partial charge in [-0.3, -0.25) is 0 Å². The molecule has 0 spiro atoms. The Kier molecular flexibility index (Phi) is 4.31. The molecule has 1 fully saturated rings. The highest BCUT2D eigenvalue weighted by Crippen LogP contribution is 2.07. The van der Waals surface area contributed by atoms with Crippen molar-refractivity contribution in [2.45, 2.75) is 13.3 Å². The molecule has 0 atom stereocenters. The normalized spacial score (nSPS) is 20.2. The van der Waals surface area contributed by atoms with Crippen LogP contribution in [0.2, 0.25) is 0 Å². The Labute approximate surface area is 86.3 Å². The van der Waals surface area contributed by atoms with Crippen LogP contribution in [0.4, 0.5) is 0 Å². The first-order valence-electron chi connectivity index (χ1n) is 5.01. The van der Waals surface area contributed by atoms with Crippen molar-refractivity contribution >= 4 is 10.2 Å². The van der Waals surface area contributed by atoms with Gasteiger partial charge in [-0.25, -0.2) is 0 Å². The smallest absolute Gasteiger partial charge is 0.281 e. The first-order chi connectivity index (χ1) is 6.59. The number of hydrogen-bond acceptors (Lipinski definition) is 3. The Morgan fingerprint density at radius 1 is 1.36 bits per heavy atom. The van der Waals surface area contributed by atoms with Crippen LogP contribution < -0.4 is 5.32 Å². The summed E-state index contributed by atoms with van der Waals surface area (Å²) in [4.78, 5) is 0. The molecule has 0 radical (unpaired) electrons. The van der Waals surface area contributed by atoms with Gasteiger partial charge in [-0.2, -0.15) is 17.0 Å². The third-order valence-corrected chi connectivity index (χ3v) is 4.32. The molecule has 1 heterocycles. The van der Waals surface area contributed by atoms with E-state index in [0.717, 1.165) is 19.5 Å². The van der Waals surface area contributed by atoms with Crippen molar-refractivity contribution in [1.82, 2.24) is 13.9 Å². The predicted octanol–water partition coefficient (Wildman–Crippen LogP) is -0.522. The van der Waals surface area contributed by atoms with Crippen LogP contribution in [0.15, 0.2) is 0 Å². The summed E-state index contributed by atoms with van der Waals surface area (Å²) in [6.07, 6.45) is 0.849. The van der Waals surface area contributed by atoms with Crippen LogP contribution in [0.1, 0.15) is 13.3 Å². The van der Waals surface area contributed by atoms with Crippen LogP contribution in [0.5, 0.6) is 0 Å². The van der Waals surface area contributed by atoms with Gasteiger partial charge in [0.2, 0.25) is 0 Å². The quantitative estimate of drug-likeness (QED) is 0.695. The third kappa shape index (κ3) is 2.66. The first kappa shape index (κ1) is 11.9. The van der Waals surface area contributed by atoms with E-state index in [1.165, 1.54) is 4.31 Å². The molecule has 1 aliphatic heterocycles. The topological polar surface area (TPSA) is 52.7 Å². The molecule has 5 nitrogen and oxygen atoms in total. The van der Waals surface area contributed by atoms with Gasteiger partial charge in [-0.05, 0) is 6.42 Å². The third-order valence-electron chi connectivity index (χ3n) is 2.33. The van der Waals surface area contributed by atoms with Crippen molar-refractivity contribution in [3.8, 4) is 0 Å². The second kappa shape index (κ2) is 5.06. The molecule has 14 heavy (non-hydrogen) atoms. The summed E-state index contributed by atoms with van der Waals surface area (Å²) in [6.45, 7) is 5.22. The van der Waals surface area contributed by atoms with Gasteiger partial charge in [0.1, 0.15) is 0 Å². The van der Waals surface area contributed by atoms with Crippen molar-refractivity contribution in [3.63, 3.8) is 0 Å². The zero-order chi connectivity index (χ0) is 10.6. The highest BCUT2D eigenvalue weighted by molar-refractivity contribution is 7.86. The molecular weight excluding hydrogens is 202 g/mol. The lowest BCUT2D eigenvalue weighted by Crippen LogP contribution is -2.50. The van der Waals surface area contributed by atoms with Crippen LogP contribution >= 0.6 is 0 Å². The van der Waals surface area contributed by atoms with Crippen molar-refractivity contribution < 1.29 is 8.42 Å². The van der Waals surface area contributed by atoms with E-state index in [2.05, 4.69) is 5.32 Å². The van der Waals surface area contributed by atoms with E-state index < -0.39 is 10.2 Å². The largest absolute Gasteiger partial charge is 0.314 e. The molecule has 0 aromatic carbocycles. The van der Waals surface area contributed by atoms with Crippen LogP contribution in [0.25, 0.3) is 0 Å². The van der Waals surface area contributed by atoms with E-state index in [1.807, 2.05) is 6.92 Å². The maximum Gasteiger partial charge on any atom is 0.281 e. The van der Waals surface area contributed by atoms with Crippen LogP contribution in [0, 0.1) is 0 Å². The van der Waals surface area contributed by atoms with E-state index >= 15 is 0 Å². The summed E-state index contributed by atoms with van der Waals surface area (Å²) in [7, 11) is -1.56. The molecule has 0 aromatic heterocycles.